The van der Waals surface area contributed by atoms with Crippen LogP contribution in [0.5, 0.6) is 5.75 Å². The summed E-state index contributed by atoms with van der Waals surface area (Å²) in [6.07, 6.45) is 7.22. The van der Waals surface area contributed by atoms with Gasteiger partial charge in [0.1, 0.15) is 0 Å². The molecule has 5 heteroatoms. The first-order valence-corrected chi connectivity index (χ1v) is 9.60. The van der Waals surface area contributed by atoms with E-state index in [1.54, 1.807) is 0 Å². The molecule has 2 saturated carbocycles. The van der Waals surface area contributed by atoms with E-state index in [9.17, 15) is 17.6 Å². The van der Waals surface area contributed by atoms with Crippen LogP contribution >= 0.6 is 0 Å². The van der Waals surface area contributed by atoms with Gasteiger partial charge in [-0.05, 0) is 79.9 Å². The van der Waals surface area contributed by atoms with Crippen molar-refractivity contribution in [1.29, 1.82) is 0 Å². The summed E-state index contributed by atoms with van der Waals surface area (Å²) in [5.74, 6) is -0.129. The second-order valence-corrected chi connectivity index (χ2v) is 7.97. The van der Waals surface area contributed by atoms with E-state index in [0.29, 0.717) is 5.56 Å². The minimum absolute atomic E-state index is 0.0530. The second-order valence-electron chi connectivity index (χ2n) is 7.97. The lowest BCUT2D eigenvalue weighted by molar-refractivity contribution is 0.165. The molecule has 0 spiro atoms. The van der Waals surface area contributed by atoms with Crippen molar-refractivity contribution in [2.75, 3.05) is 0 Å². The number of rotatable bonds is 4. The third kappa shape index (κ3) is 4.60. The molecule has 0 aromatic heterocycles. The Morgan fingerprint density at radius 2 is 1.38 bits per heavy atom. The Labute approximate surface area is 152 Å². The molecular formula is C21H26F4O. The predicted molar refractivity (Wildman–Crippen MR) is 93.1 cm³/mol. The van der Waals surface area contributed by atoms with Gasteiger partial charge in [0, 0.05) is 0 Å². The Morgan fingerprint density at radius 1 is 0.885 bits per heavy atom. The zero-order valence-corrected chi connectivity index (χ0v) is 15.1. The van der Waals surface area contributed by atoms with Crippen LogP contribution in [0.4, 0.5) is 17.6 Å². The molecule has 2 aliphatic carbocycles. The lowest BCUT2D eigenvalue weighted by atomic mass is 9.68. The van der Waals surface area contributed by atoms with E-state index in [4.69, 9.17) is 0 Å². The molecule has 3 rings (SSSR count). The first-order valence-electron chi connectivity index (χ1n) is 9.60. The van der Waals surface area contributed by atoms with Gasteiger partial charge in [0.05, 0.1) is 0 Å². The van der Waals surface area contributed by atoms with Crippen molar-refractivity contribution in [3.05, 3.63) is 41.7 Å². The molecule has 0 aliphatic heterocycles. The first kappa shape index (κ1) is 19.2. The lowest BCUT2D eigenvalue weighted by Gasteiger charge is -2.37. The molecule has 0 bridgehead atoms. The third-order valence-corrected chi connectivity index (χ3v) is 6.26. The topological polar surface area (TPSA) is 9.23 Å². The van der Waals surface area contributed by atoms with E-state index in [0.717, 1.165) is 43.4 Å². The standard InChI is InChI=1S/C21H26F4O/c1-13-2-4-14(5-3-13)15-6-8-16(9-7-15)17-10-18(22)21(19(23)11-17)26-12-20(24)25/h10-16H,2-9H2,1H3. The fourth-order valence-corrected chi connectivity index (χ4v) is 4.71. The third-order valence-electron chi connectivity index (χ3n) is 6.26. The van der Waals surface area contributed by atoms with Crippen LogP contribution in [0.25, 0.3) is 0 Å². The van der Waals surface area contributed by atoms with Gasteiger partial charge in [-0.1, -0.05) is 19.8 Å². The molecule has 0 radical (unpaired) electrons. The predicted octanol–water partition coefficient (Wildman–Crippen LogP) is 7.18. The summed E-state index contributed by atoms with van der Waals surface area (Å²) in [4.78, 5) is 0. The van der Waals surface area contributed by atoms with Crippen LogP contribution in [0.2, 0.25) is 0 Å². The van der Waals surface area contributed by atoms with Crippen molar-refractivity contribution < 1.29 is 22.3 Å². The summed E-state index contributed by atoms with van der Waals surface area (Å²) < 4.78 is 56.7. The molecule has 0 atom stereocenters. The van der Waals surface area contributed by atoms with Crippen LogP contribution < -0.4 is 4.74 Å². The van der Waals surface area contributed by atoms with Crippen molar-refractivity contribution in [3.63, 3.8) is 0 Å². The molecule has 1 aromatic carbocycles. The SMILES string of the molecule is CC1CCC(C2CCC(c3cc(F)c(OC=C(F)F)c(F)c3)CC2)CC1. The van der Waals surface area contributed by atoms with Crippen LogP contribution in [-0.4, -0.2) is 0 Å². The molecule has 144 valence electrons. The summed E-state index contributed by atoms with van der Waals surface area (Å²) in [5.41, 5.74) is 0.604. The molecular weight excluding hydrogens is 344 g/mol. The molecule has 0 N–H and O–H groups in total. The molecule has 26 heavy (non-hydrogen) atoms. The summed E-state index contributed by atoms with van der Waals surface area (Å²) >= 11 is 0. The number of hydrogen-bond acceptors (Lipinski definition) is 1. The average molecular weight is 370 g/mol. The van der Waals surface area contributed by atoms with E-state index < -0.39 is 23.5 Å². The van der Waals surface area contributed by atoms with E-state index in [1.165, 1.54) is 37.8 Å². The fourth-order valence-electron chi connectivity index (χ4n) is 4.71. The Balaban J connectivity index is 1.61. The van der Waals surface area contributed by atoms with Crippen LogP contribution in [0.3, 0.4) is 0 Å². The first-order chi connectivity index (χ1) is 12.4. The molecule has 1 nitrogen and oxygen atoms in total. The van der Waals surface area contributed by atoms with Gasteiger partial charge in [0.25, 0.3) is 0 Å². The van der Waals surface area contributed by atoms with E-state index >= 15 is 0 Å². The maximum absolute atomic E-state index is 14.1. The Bertz CT molecular complexity index is 614. The van der Waals surface area contributed by atoms with Gasteiger partial charge in [-0.3, -0.25) is 0 Å². The van der Waals surface area contributed by atoms with Crippen molar-refractivity contribution in [2.45, 2.75) is 64.2 Å². The van der Waals surface area contributed by atoms with Crippen molar-refractivity contribution >= 4 is 0 Å². The number of hydrogen-bond donors (Lipinski definition) is 0. The highest BCUT2D eigenvalue weighted by Crippen LogP contribution is 2.44. The number of halogens is 4. The van der Waals surface area contributed by atoms with Crippen LogP contribution in [0.15, 0.2) is 24.5 Å². The highest BCUT2D eigenvalue weighted by Gasteiger charge is 2.31. The summed E-state index contributed by atoms with van der Waals surface area (Å²) in [6, 6.07) is 2.46. The average Bonchev–Trinajstić information content (AvgIpc) is 2.61. The molecule has 0 heterocycles. The highest BCUT2D eigenvalue weighted by atomic mass is 19.3. The Hall–Kier alpha value is -1.52. The highest BCUT2D eigenvalue weighted by molar-refractivity contribution is 5.34. The van der Waals surface area contributed by atoms with Gasteiger partial charge in [-0.2, -0.15) is 8.78 Å². The summed E-state index contributed by atoms with van der Waals surface area (Å²) in [5, 5.41) is 0. The maximum Gasteiger partial charge on any atom is 0.305 e. The van der Waals surface area contributed by atoms with Gasteiger partial charge in [-0.25, -0.2) is 8.78 Å². The monoisotopic (exact) mass is 370 g/mol. The Morgan fingerprint density at radius 3 is 1.88 bits per heavy atom. The number of benzene rings is 1. The molecule has 2 fully saturated rings. The minimum Gasteiger partial charge on any atom is -0.453 e. The Kier molecular flexibility index (Phi) is 6.25. The lowest BCUT2D eigenvalue weighted by Crippen LogP contribution is -2.24. The number of ether oxygens (including phenoxy) is 1. The zero-order chi connectivity index (χ0) is 18.7. The van der Waals surface area contributed by atoms with E-state index in [-0.39, 0.29) is 12.2 Å². The van der Waals surface area contributed by atoms with E-state index in [2.05, 4.69) is 11.7 Å². The molecule has 1 aromatic rings. The largest absolute Gasteiger partial charge is 0.453 e. The molecule has 0 unspecified atom stereocenters. The van der Waals surface area contributed by atoms with Crippen LogP contribution in [-0.2, 0) is 0 Å². The minimum atomic E-state index is -2.14. The maximum atomic E-state index is 14.1. The van der Waals surface area contributed by atoms with Crippen molar-refractivity contribution in [3.8, 4) is 5.75 Å². The molecule has 0 amide bonds. The summed E-state index contributed by atoms with van der Waals surface area (Å²) in [7, 11) is 0. The normalized spacial score (nSPS) is 29.3. The zero-order valence-electron chi connectivity index (χ0n) is 15.1. The van der Waals surface area contributed by atoms with Gasteiger partial charge < -0.3 is 4.74 Å². The molecule has 2 aliphatic rings. The second kappa shape index (κ2) is 8.45. The van der Waals surface area contributed by atoms with Gasteiger partial charge in [0.2, 0.25) is 0 Å². The fraction of sp³-hybridized carbons (Fsp3) is 0.619. The van der Waals surface area contributed by atoms with E-state index in [1.807, 2.05) is 0 Å². The quantitative estimate of drug-likeness (QED) is 0.403. The van der Waals surface area contributed by atoms with Crippen LogP contribution in [0.1, 0.15) is 69.8 Å². The van der Waals surface area contributed by atoms with Gasteiger partial charge >= 0.3 is 6.08 Å². The molecule has 0 saturated heterocycles. The van der Waals surface area contributed by atoms with Crippen LogP contribution in [0, 0.1) is 29.4 Å². The van der Waals surface area contributed by atoms with Crippen molar-refractivity contribution in [2.24, 2.45) is 17.8 Å². The van der Waals surface area contributed by atoms with Gasteiger partial charge in [0.15, 0.2) is 23.6 Å². The van der Waals surface area contributed by atoms with Crippen molar-refractivity contribution in [1.82, 2.24) is 0 Å². The summed E-state index contributed by atoms with van der Waals surface area (Å²) in [6.45, 7) is 2.32. The smallest absolute Gasteiger partial charge is 0.305 e. The van der Waals surface area contributed by atoms with Gasteiger partial charge in [-0.15, -0.1) is 0 Å².